The molecule has 1 heterocycles. The first-order valence-electron chi connectivity index (χ1n) is 8.14. The predicted molar refractivity (Wildman–Crippen MR) is 109 cm³/mol. The topological polar surface area (TPSA) is 81.9 Å². The number of tetrazole rings is 1. The Bertz CT molecular complexity index is 945. The van der Waals surface area contributed by atoms with Crippen molar-refractivity contribution in [2.24, 2.45) is 0 Å². The largest absolute Gasteiger partial charge is 0.494 e. The molecule has 7 nitrogen and oxygen atoms in total. The number of halogens is 1. The SMILES string of the molecule is COc1ccc(C)cc1-n1nnnc1SC(C)C(=O)Nc1ccc(Br)cc1. The second-order valence-electron chi connectivity index (χ2n) is 5.80. The molecule has 0 fully saturated rings. The van der Waals surface area contributed by atoms with Crippen LogP contribution in [0.5, 0.6) is 5.75 Å². The van der Waals surface area contributed by atoms with E-state index in [-0.39, 0.29) is 5.91 Å². The number of thioether (sulfide) groups is 1. The number of hydrogen-bond donors (Lipinski definition) is 1. The average Bonchev–Trinajstić information content (AvgIpc) is 3.11. The Morgan fingerprint density at radius 1 is 1.26 bits per heavy atom. The van der Waals surface area contributed by atoms with Gasteiger partial charge in [-0.05, 0) is 66.2 Å². The number of aromatic nitrogens is 4. The maximum absolute atomic E-state index is 12.5. The van der Waals surface area contributed by atoms with E-state index in [9.17, 15) is 4.79 Å². The summed E-state index contributed by atoms with van der Waals surface area (Å²) in [4.78, 5) is 12.5. The molecule has 0 aliphatic carbocycles. The van der Waals surface area contributed by atoms with Crippen LogP contribution in [0, 0.1) is 6.92 Å². The van der Waals surface area contributed by atoms with E-state index in [1.807, 2.05) is 56.3 Å². The van der Waals surface area contributed by atoms with E-state index < -0.39 is 5.25 Å². The molecule has 0 radical (unpaired) electrons. The Morgan fingerprint density at radius 2 is 2.00 bits per heavy atom. The highest BCUT2D eigenvalue weighted by Gasteiger charge is 2.21. The van der Waals surface area contributed by atoms with Crippen LogP contribution in [0.4, 0.5) is 5.69 Å². The predicted octanol–water partition coefficient (Wildman–Crippen LogP) is 3.86. The minimum Gasteiger partial charge on any atom is -0.494 e. The Morgan fingerprint density at radius 3 is 2.70 bits per heavy atom. The molecule has 0 aliphatic rings. The third-order valence-corrected chi connectivity index (χ3v) is 5.33. The fourth-order valence-electron chi connectivity index (χ4n) is 2.36. The summed E-state index contributed by atoms with van der Waals surface area (Å²) in [6, 6.07) is 13.2. The lowest BCUT2D eigenvalue weighted by molar-refractivity contribution is -0.115. The van der Waals surface area contributed by atoms with Crippen molar-refractivity contribution in [1.82, 2.24) is 20.2 Å². The second-order valence-corrected chi connectivity index (χ2v) is 8.03. The molecule has 1 aromatic heterocycles. The summed E-state index contributed by atoms with van der Waals surface area (Å²) in [5.74, 6) is 0.523. The summed E-state index contributed by atoms with van der Waals surface area (Å²) in [5, 5.41) is 14.9. The van der Waals surface area contributed by atoms with E-state index in [4.69, 9.17) is 4.74 Å². The molecular weight excluding hydrogens is 430 g/mol. The molecule has 0 aliphatic heterocycles. The zero-order valence-corrected chi connectivity index (χ0v) is 17.4. The van der Waals surface area contributed by atoms with Crippen molar-refractivity contribution in [3.63, 3.8) is 0 Å². The van der Waals surface area contributed by atoms with Gasteiger partial charge in [-0.3, -0.25) is 4.79 Å². The van der Waals surface area contributed by atoms with E-state index in [1.165, 1.54) is 11.8 Å². The molecule has 1 atom stereocenters. The molecule has 0 spiro atoms. The number of hydrogen-bond acceptors (Lipinski definition) is 6. The summed E-state index contributed by atoms with van der Waals surface area (Å²) >= 11 is 4.65. The van der Waals surface area contributed by atoms with Gasteiger partial charge in [0.15, 0.2) is 0 Å². The fourth-order valence-corrected chi connectivity index (χ4v) is 3.42. The molecule has 3 rings (SSSR count). The van der Waals surface area contributed by atoms with Gasteiger partial charge in [-0.15, -0.1) is 5.10 Å². The monoisotopic (exact) mass is 447 g/mol. The van der Waals surface area contributed by atoms with E-state index in [1.54, 1.807) is 11.8 Å². The molecular formula is C18H18BrN5O2S. The summed E-state index contributed by atoms with van der Waals surface area (Å²) < 4.78 is 7.95. The molecule has 1 unspecified atom stereocenters. The molecule has 140 valence electrons. The molecule has 9 heteroatoms. The first-order chi connectivity index (χ1) is 13.0. The quantitative estimate of drug-likeness (QED) is 0.577. The molecule has 27 heavy (non-hydrogen) atoms. The lowest BCUT2D eigenvalue weighted by Crippen LogP contribution is -2.22. The number of methoxy groups -OCH3 is 1. The zero-order valence-electron chi connectivity index (χ0n) is 15.0. The number of aryl methyl sites for hydroxylation is 1. The smallest absolute Gasteiger partial charge is 0.237 e. The maximum atomic E-state index is 12.5. The van der Waals surface area contributed by atoms with Gasteiger partial charge in [0.1, 0.15) is 11.4 Å². The molecule has 1 amide bonds. The number of ether oxygens (including phenoxy) is 1. The molecule has 0 saturated carbocycles. The van der Waals surface area contributed by atoms with Crippen LogP contribution in [-0.2, 0) is 4.79 Å². The van der Waals surface area contributed by atoms with Gasteiger partial charge in [0.2, 0.25) is 11.1 Å². The van der Waals surface area contributed by atoms with Crippen molar-refractivity contribution in [2.75, 3.05) is 12.4 Å². The summed E-state index contributed by atoms with van der Waals surface area (Å²) in [6.07, 6.45) is 0. The number of anilines is 1. The van der Waals surface area contributed by atoms with Gasteiger partial charge in [0.25, 0.3) is 0 Å². The van der Waals surface area contributed by atoms with Crippen LogP contribution in [0.3, 0.4) is 0 Å². The molecule has 2 aromatic carbocycles. The van der Waals surface area contributed by atoms with Crippen LogP contribution in [0.2, 0.25) is 0 Å². The fraction of sp³-hybridized carbons (Fsp3) is 0.222. The van der Waals surface area contributed by atoms with Crippen molar-refractivity contribution >= 4 is 39.3 Å². The van der Waals surface area contributed by atoms with Crippen molar-refractivity contribution in [3.05, 3.63) is 52.5 Å². The lowest BCUT2D eigenvalue weighted by atomic mass is 10.2. The zero-order chi connectivity index (χ0) is 19.4. The number of rotatable bonds is 6. The third kappa shape index (κ3) is 4.67. The number of carbonyl (C=O) groups is 1. The van der Waals surface area contributed by atoms with Crippen LogP contribution in [0.1, 0.15) is 12.5 Å². The van der Waals surface area contributed by atoms with Gasteiger partial charge in [-0.2, -0.15) is 4.68 Å². The van der Waals surface area contributed by atoms with Gasteiger partial charge in [0, 0.05) is 10.2 Å². The normalized spacial score (nSPS) is 11.9. The van der Waals surface area contributed by atoms with Crippen molar-refractivity contribution in [1.29, 1.82) is 0 Å². The molecule has 3 aromatic rings. The highest BCUT2D eigenvalue weighted by Crippen LogP contribution is 2.29. The van der Waals surface area contributed by atoms with Crippen LogP contribution >= 0.6 is 27.7 Å². The Labute approximate surface area is 169 Å². The Kier molecular flexibility index (Phi) is 6.12. The summed E-state index contributed by atoms with van der Waals surface area (Å²) in [7, 11) is 1.60. The van der Waals surface area contributed by atoms with Crippen molar-refractivity contribution < 1.29 is 9.53 Å². The lowest BCUT2D eigenvalue weighted by Gasteiger charge is -2.13. The maximum Gasteiger partial charge on any atom is 0.237 e. The summed E-state index contributed by atoms with van der Waals surface area (Å²) in [6.45, 7) is 3.79. The van der Waals surface area contributed by atoms with E-state index in [2.05, 4.69) is 36.8 Å². The number of nitrogens with zero attached hydrogens (tertiary/aromatic N) is 4. The molecule has 0 saturated heterocycles. The third-order valence-electron chi connectivity index (χ3n) is 3.77. The minimum absolute atomic E-state index is 0.131. The second kappa shape index (κ2) is 8.53. The standard InChI is InChI=1S/C18H18BrN5O2S/c1-11-4-9-16(26-3)15(10-11)24-18(21-22-23-24)27-12(2)17(25)20-14-7-5-13(19)6-8-14/h4-10,12H,1-3H3,(H,20,25). The highest BCUT2D eigenvalue weighted by molar-refractivity contribution is 9.10. The highest BCUT2D eigenvalue weighted by atomic mass is 79.9. The Hall–Kier alpha value is -2.39. The molecule has 0 bridgehead atoms. The van der Waals surface area contributed by atoms with Crippen LogP contribution in [0.25, 0.3) is 5.69 Å². The van der Waals surface area contributed by atoms with E-state index >= 15 is 0 Å². The minimum atomic E-state index is -0.394. The van der Waals surface area contributed by atoms with Crippen LogP contribution in [0.15, 0.2) is 52.1 Å². The van der Waals surface area contributed by atoms with E-state index in [0.29, 0.717) is 10.9 Å². The molecule has 1 N–H and O–H groups in total. The van der Waals surface area contributed by atoms with Crippen molar-refractivity contribution in [3.8, 4) is 11.4 Å². The number of nitrogens with one attached hydrogen (secondary N) is 1. The van der Waals surface area contributed by atoms with Gasteiger partial charge < -0.3 is 10.1 Å². The van der Waals surface area contributed by atoms with Crippen LogP contribution < -0.4 is 10.1 Å². The number of benzene rings is 2. The van der Waals surface area contributed by atoms with Gasteiger partial charge >= 0.3 is 0 Å². The van der Waals surface area contributed by atoms with Crippen LogP contribution in [-0.4, -0.2) is 38.5 Å². The first kappa shape index (κ1) is 19.4. The Balaban J connectivity index is 1.77. The van der Waals surface area contributed by atoms with E-state index in [0.717, 1.165) is 21.4 Å². The van der Waals surface area contributed by atoms with Gasteiger partial charge in [-0.25, -0.2) is 0 Å². The van der Waals surface area contributed by atoms with Gasteiger partial charge in [0.05, 0.1) is 12.4 Å². The first-order valence-corrected chi connectivity index (χ1v) is 9.81. The van der Waals surface area contributed by atoms with Crippen molar-refractivity contribution in [2.45, 2.75) is 24.3 Å². The summed E-state index contributed by atoms with van der Waals surface area (Å²) in [5.41, 5.74) is 2.51. The average molecular weight is 448 g/mol. The number of amides is 1. The van der Waals surface area contributed by atoms with Gasteiger partial charge in [-0.1, -0.05) is 33.8 Å². The number of carbonyl (C=O) groups excluding carboxylic acids is 1.